The summed E-state index contributed by atoms with van der Waals surface area (Å²) < 4.78 is 33.4. The lowest BCUT2D eigenvalue weighted by atomic mass is 9.83. The number of nitrogens with zero attached hydrogens (tertiary/aromatic N) is 2. The maximum atomic E-state index is 13.9. The zero-order chi connectivity index (χ0) is 18.3. The molecule has 0 spiro atoms. The van der Waals surface area contributed by atoms with Crippen molar-refractivity contribution in [2.75, 3.05) is 13.1 Å². The van der Waals surface area contributed by atoms with E-state index in [4.69, 9.17) is 4.52 Å². The molecule has 4 rings (SSSR count). The Hall–Kier alpha value is -2.24. The van der Waals surface area contributed by atoms with E-state index in [9.17, 15) is 13.6 Å². The smallest absolute Gasteiger partial charge is 0.259 e. The van der Waals surface area contributed by atoms with E-state index in [1.165, 1.54) is 16.5 Å². The van der Waals surface area contributed by atoms with Crippen LogP contribution in [0.5, 0.6) is 0 Å². The number of aromatic nitrogens is 1. The van der Waals surface area contributed by atoms with Crippen molar-refractivity contribution in [2.24, 2.45) is 5.92 Å². The van der Waals surface area contributed by atoms with E-state index in [2.05, 4.69) is 12.1 Å². The van der Waals surface area contributed by atoms with Crippen molar-refractivity contribution in [3.63, 3.8) is 0 Å². The normalized spacial score (nSPS) is 20.9. The van der Waals surface area contributed by atoms with Crippen molar-refractivity contribution in [1.29, 1.82) is 0 Å². The molecule has 1 aliphatic carbocycles. The molecule has 2 aromatic rings. The number of likely N-dealkylation sites (tertiary alicyclic amines) is 1. The highest BCUT2D eigenvalue weighted by atomic mass is 19.1. The van der Waals surface area contributed by atoms with Crippen LogP contribution in [0.3, 0.4) is 0 Å². The number of hydrogen-bond acceptors (Lipinski definition) is 3. The van der Waals surface area contributed by atoms with Gasteiger partial charge in [0.15, 0.2) is 0 Å². The summed E-state index contributed by atoms with van der Waals surface area (Å²) in [6.07, 6.45) is 4.54. The van der Waals surface area contributed by atoms with Crippen molar-refractivity contribution in [2.45, 2.75) is 44.9 Å². The summed E-state index contributed by atoms with van der Waals surface area (Å²) in [5.74, 6) is -0.397. The third kappa shape index (κ3) is 3.02. The summed E-state index contributed by atoms with van der Waals surface area (Å²) in [5, 5.41) is 4.24. The number of fused-ring (bicyclic) bond motifs is 1. The van der Waals surface area contributed by atoms with Crippen LogP contribution in [-0.2, 0) is 12.8 Å². The van der Waals surface area contributed by atoms with Gasteiger partial charge in [0.05, 0.1) is 5.69 Å². The minimum absolute atomic E-state index is 0.214. The van der Waals surface area contributed by atoms with Gasteiger partial charge in [-0.25, -0.2) is 8.78 Å². The maximum Gasteiger partial charge on any atom is 0.259 e. The molecule has 0 bridgehead atoms. The standard InChI is InChI=1S/C20H22F2N2O2/c1-12-5-6-17-14(11-12)19(26-23-17)13-7-9-24(10-8-13)20(25)18-15(21)3-2-4-16(18)22/h2-4,12-13H,5-11H2,1H3. The molecular weight excluding hydrogens is 338 g/mol. The molecule has 1 unspecified atom stereocenters. The number of piperidine rings is 1. The van der Waals surface area contributed by atoms with E-state index in [-0.39, 0.29) is 5.92 Å². The molecule has 1 fully saturated rings. The van der Waals surface area contributed by atoms with E-state index in [0.717, 1.165) is 55.7 Å². The molecule has 4 nitrogen and oxygen atoms in total. The number of hydrogen-bond donors (Lipinski definition) is 0. The van der Waals surface area contributed by atoms with Crippen molar-refractivity contribution in [3.8, 4) is 0 Å². The predicted octanol–water partition coefficient (Wildman–Crippen LogP) is 4.10. The molecule has 2 heterocycles. The topological polar surface area (TPSA) is 46.3 Å². The third-order valence-electron chi connectivity index (χ3n) is 5.66. The summed E-state index contributed by atoms with van der Waals surface area (Å²) in [4.78, 5) is 14.1. The van der Waals surface area contributed by atoms with Crippen LogP contribution in [0.25, 0.3) is 0 Å². The molecule has 1 aromatic carbocycles. The molecule has 0 saturated carbocycles. The van der Waals surface area contributed by atoms with Gasteiger partial charge in [-0.15, -0.1) is 0 Å². The Morgan fingerprint density at radius 2 is 1.88 bits per heavy atom. The zero-order valence-electron chi connectivity index (χ0n) is 14.8. The van der Waals surface area contributed by atoms with Crippen LogP contribution >= 0.6 is 0 Å². The fraction of sp³-hybridized carbons (Fsp3) is 0.500. The Bertz CT molecular complexity index is 805. The first kappa shape index (κ1) is 17.2. The van der Waals surface area contributed by atoms with Gasteiger partial charge < -0.3 is 9.42 Å². The second-order valence-electron chi connectivity index (χ2n) is 7.48. The van der Waals surface area contributed by atoms with Crippen LogP contribution in [0.1, 0.15) is 59.5 Å². The van der Waals surface area contributed by atoms with Crippen LogP contribution in [0.4, 0.5) is 8.78 Å². The number of carbonyl (C=O) groups excluding carboxylic acids is 1. The average Bonchev–Trinajstić information content (AvgIpc) is 3.04. The zero-order valence-corrected chi connectivity index (χ0v) is 14.8. The fourth-order valence-electron chi connectivity index (χ4n) is 4.13. The van der Waals surface area contributed by atoms with Crippen molar-refractivity contribution >= 4 is 5.91 Å². The molecule has 0 radical (unpaired) electrons. The molecule has 1 saturated heterocycles. The first-order chi connectivity index (χ1) is 12.5. The molecule has 0 N–H and O–H groups in total. The highest BCUT2D eigenvalue weighted by Crippen LogP contribution is 2.36. The van der Waals surface area contributed by atoms with Crippen LogP contribution in [-0.4, -0.2) is 29.1 Å². The summed E-state index contributed by atoms with van der Waals surface area (Å²) in [7, 11) is 0. The Morgan fingerprint density at radius 3 is 2.58 bits per heavy atom. The largest absolute Gasteiger partial charge is 0.361 e. The minimum atomic E-state index is -0.810. The lowest BCUT2D eigenvalue weighted by Gasteiger charge is -2.31. The maximum absolute atomic E-state index is 13.9. The first-order valence-corrected chi connectivity index (χ1v) is 9.25. The molecule has 1 aliphatic heterocycles. The van der Waals surface area contributed by atoms with Gasteiger partial charge >= 0.3 is 0 Å². The number of halogens is 2. The summed E-state index contributed by atoms with van der Waals surface area (Å²) in [6, 6.07) is 3.50. The fourth-order valence-corrected chi connectivity index (χ4v) is 4.13. The Balaban J connectivity index is 1.47. The summed E-state index contributed by atoms with van der Waals surface area (Å²) >= 11 is 0. The second kappa shape index (κ2) is 6.82. The van der Waals surface area contributed by atoms with Gasteiger partial charge in [-0.05, 0) is 50.2 Å². The van der Waals surface area contributed by atoms with Gasteiger partial charge in [0.2, 0.25) is 0 Å². The van der Waals surface area contributed by atoms with Gasteiger partial charge in [-0.1, -0.05) is 18.1 Å². The highest BCUT2D eigenvalue weighted by molar-refractivity contribution is 5.94. The van der Waals surface area contributed by atoms with Gasteiger partial charge in [-0.3, -0.25) is 4.79 Å². The highest BCUT2D eigenvalue weighted by Gasteiger charge is 2.32. The Labute approximate surface area is 151 Å². The monoisotopic (exact) mass is 360 g/mol. The molecule has 26 heavy (non-hydrogen) atoms. The number of rotatable bonds is 2. The quantitative estimate of drug-likeness (QED) is 0.810. The second-order valence-corrected chi connectivity index (χ2v) is 7.48. The van der Waals surface area contributed by atoms with Gasteiger partial charge in [-0.2, -0.15) is 0 Å². The Kier molecular flexibility index (Phi) is 4.51. The van der Waals surface area contributed by atoms with Crippen LogP contribution in [0.2, 0.25) is 0 Å². The average molecular weight is 360 g/mol. The first-order valence-electron chi connectivity index (χ1n) is 9.25. The molecule has 6 heteroatoms. The Morgan fingerprint density at radius 1 is 1.19 bits per heavy atom. The molecule has 1 atom stereocenters. The third-order valence-corrected chi connectivity index (χ3v) is 5.66. The lowest BCUT2D eigenvalue weighted by Crippen LogP contribution is -2.38. The van der Waals surface area contributed by atoms with Gasteiger partial charge in [0, 0.05) is 24.6 Å². The van der Waals surface area contributed by atoms with E-state index >= 15 is 0 Å². The van der Waals surface area contributed by atoms with Gasteiger partial charge in [0.25, 0.3) is 5.91 Å². The van der Waals surface area contributed by atoms with E-state index in [1.54, 1.807) is 0 Å². The number of benzene rings is 1. The molecule has 2 aliphatic rings. The SMILES string of the molecule is CC1CCc2noc(C3CCN(C(=O)c4c(F)cccc4F)CC3)c2C1. The molecule has 1 amide bonds. The lowest BCUT2D eigenvalue weighted by molar-refractivity contribution is 0.0696. The molecular formula is C20H22F2N2O2. The number of amides is 1. The van der Waals surface area contributed by atoms with E-state index in [1.807, 2.05) is 0 Å². The van der Waals surface area contributed by atoms with Crippen LogP contribution < -0.4 is 0 Å². The number of carbonyl (C=O) groups is 1. The number of aryl methyl sites for hydroxylation is 1. The van der Waals surface area contributed by atoms with Gasteiger partial charge in [0.1, 0.15) is 23.0 Å². The molecule has 1 aromatic heterocycles. The molecule has 138 valence electrons. The summed E-state index contributed by atoms with van der Waals surface area (Å²) in [6.45, 7) is 3.16. The van der Waals surface area contributed by atoms with Crippen molar-refractivity contribution in [3.05, 3.63) is 52.4 Å². The summed E-state index contributed by atoms with van der Waals surface area (Å²) in [5.41, 5.74) is 1.86. The van der Waals surface area contributed by atoms with Crippen molar-refractivity contribution in [1.82, 2.24) is 10.1 Å². The predicted molar refractivity (Wildman–Crippen MR) is 91.9 cm³/mol. The van der Waals surface area contributed by atoms with Crippen LogP contribution in [0.15, 0.2) is 22.7 Å². The minimum Gasteiger partial charge on any atom is -0.361 e. The van der Waals surface area contributed by atoms with Crippen molar-refractivity contribution < 1.29 is 18.1 Å². The van der Waals surface area contributed by atoms with E-state index < -0.39 is 23.1 Å². The van der Waals surface area contributed by atoms with Crippen LogP contribution in [0, 0.1) is 17.6 Å². The van der Waals surface area contributed by atoms with E-state index in [0.29, 0.717) is 19.0 Å².